The topological polar surface area (TPSA) is 91.2 Å². The zero-order valence-corrected chi connectivity index (χ0v) is 14.3. The quantitative estimate of drug-likeness (QED) is 0.808. The molecule has 0 bridgehead atoms. The van der Waals surface area contributed by atoms with Gasteiger partial charge in [0.25, 0.3) is 0 Å². The number of hydrogen-bond donors (Lipinski definition) is 1. The summed E-state index contributed by atoms with van der Waals surface area (Å²) in [5, 5.41) is 7.10. The van der Waals surface area contributed by atoms with Crippen LogP contribution in [-0.4, -0.2) is 51.0 Å². The van der Waals surface area contributed by atoms with Gasteiger partial charge in [-0.3, -0.25) is 14.5 Å². The molecule has 0 spiro atoms. The molecule has 1 fully saturated rings. The summed E-state index contributed by atoms with van der Waals surface area (Å²) >= 11 is 0. The van der Waals surface area contributed by atoms with E-state index in [-0.39, 0.29) is 18.1 Å². The van der Waals surface area contributed by atoms with Gasteiger partial charge in [-0.05, 0) is 31.9 Å². The number of nitrogens with one attached hydrogen (secondary N) is 1. The summed E-state index contributed by atoms with van der Waals surface area (Å²) in [6, 6.07) is 3.72. The van der Waals surface area contributed by atoms with Gasteiger partial charge in [-0.15, -0.1) is 0 Å². The minimum absolute atomic E-state index is 0.0163. The third-order valence-corrected chi connectivity index (χ3v) is 4.08. The van der Waals surface area contributed by atoms with E-state index in [1.165, 1.54) is 6.33 Å². The van der Waals surface area contributed by atoms with Crippen LogP contribution in [0.15, 0.2) is 31.0 Å². The maximum atomic E-state index is 12.2. The normalized spacial score (nSPS) is 20.2. The van der Waals surface area contributed by atoms with Gasteiger partial charge < -0.3 is 14.8 Å². The Morgan fingerprint density at radius 2 is 2.40 bits per heavy atom. The van der Waals surface area contributed by atoms with Crippen LogP contribution in [0.25, 0.3) is 0 Å². The highest BCUT2D eigenvalue weighted by atomic mass is 16.5. The first kappa shape index (κ1) is 17.3. The van der Waals surface area contributed by atoms with Crippen molar-refractivity contribution in [2.75, 3.05) is 13.2 Å². The minimum atomic E-state index is -0.211. The number of rotatable bonds is 7. The number of aromatic nitrogens is 4. The number of pyridine rings is 1. The number of nitrogens with zero attached hydrogens (tertiary/aromatic N) is 4. The van der Waals surface area contributed by atoms with Crippen LogP contribution < -0.4 is 10.1 Å². The maximum Gasteiger partial charge on any atom is 0.220 e. The molecule has 0 radical (unpaired) electrons. The predicted molar refractivity (Wildman–Crippen MR) is 90.0 cm³/mol. The predicted octanol–water partition coefficient (Wildman–Crippen LogP) is 1.11. The molecular formula is C17H23N5O3. The van der Waals surface area contributed by atoms with E-state index < -0.39 is 0 Å². The molecule has 2 aromatic rings. The smallest absolute Gasteiger partial charge is 0.220 e. The zero-order chi connectivity index (χ0) is 17.5. The maximum absolute atomic E-state index is 12.2. The highest BCUT2D eigenvalue weighted by Crippen LogP contribution is 2.17. The second-order valence-corrected chi connectivity index (χ2v) is 6.09. The number of hydrogen-bond acceptors (Lipinski definition) is 6. The average Bonchev–Trinajstić information content (AvgIpc) is 3.12. The van der Waals surface area contributed by atoms with Crippen molar-refractivity contribution in [3.8, 4) is 5.75 Å². The number of aryl methyl sites for hydroxylation is 2. The van der Waals surface area contributed by atoms with E-state index in [2.05, 4.69) is 20.4 Å². The van der Waals surface area contributed by atoms with Crippen LogP contribution in [0, 0.1) is 6.92 Å². The minimum Gasteiger partial charge on any atom is -0.484 e. The van der Waals surface area contributed by atoms with Gasteiger partial charge in [0.2, 0.25) is 5.91 Å². The molecule has 2 aromatic heterocycles. The van der Waals surface area contributed by atoms with Gasteiger partial charge >= 0.3 is 0 Å². The summed E-state index contributed by atoms with van der Waals surface area (Å²) in [5.41, 5.74) is 0.935. The molecule has 25 heavy (non-hydrogen) atoms. The summed E-state index contributed by atoms with van der Waals surface area (Å²) in [6.45, 7) is 3.68. The first-order chi connectivity index (χ1) is 12.2. The van der Waals surface area contributed by atoms with Crippen LogP contribution in [0.2, 0.25) is 0 Å². The lowest BCUT2D eigenvalue weighted by Gasteiger charge is -2.32. The Labute approximate surface area is 146 Å². The molecule has 0 unspecified atom stereocenters. The highest BCUT2D eigenvalue weighted by molar-refractivity contribution is 5.76. The second-order valence-electron chi connectivity index (χ2n) is 6.09. The molecule has 3 heterocycles. The third-order valence-electron chi connectivity index (χ3n) is 4.08. The summed E-state index contributed by atoms with van der Waals surface area (Å²) in [5.74, 6) is 0.703. The molecule has 1 saturated heterocycles. The van der Waals surface area contributed by atoms with Crippen molar-refractivity contribution in [3.63, 3.8) is 0 Å². The Kier molecular flexibility index (Phi) is 5.95. The number of carbonyl (C=O) groups excluding carboxylic acids is 1. The van der Waals surface area contributed by atoms with Gasteiger partial charge in [0, 0.05) is 25.3 Å². The summed E-state index contributed by atoms with van der Waals surface area (Å²) in [7, 11) is 0. The van der Waals surface area contributed by atoms with Crippen LogP contribution in [0.5, 0.6) is 5.75 Å². The van der Waals surface area contributed by atoms with Crippen LogP contribution >= 0.6 is 0 Å². The third kappa shape index (κ3) is 5.25. The Bertz CT molecular complexity index is 659. The van der Waals surface area contributed by atoms with Crippen molar-refractivity contribution in [2.24, 2.45) is 0 Å². The first-order valence-electron chi connectivity index (χ1n) is 8.49. The van der Waals surface area contributed by atoms with Gasteiger partial charge in [-0.1, -0.05) is 0 Å². The Morgan fingerprint density at radius 1 is 1.48 bits per heavy atom. The average molecular weight is 345 g/mol. The molecule has 2 atom stereocenters. The molecule has 0 aromatic carbocycles. The molecule has 0 aliphatic carbocycles. The van der Waals surface area contributed by atoms with E-state index in [1.54, 1.807) is 17.2 Å². The Hall–Kier alpha value is -2.48. The monoisotopic (exact) mass is 345 g/mol. The molecule has 1 aliphatic heterocycles. The van der Waals surface area contributed by atoms with E-state index in [0.717, 1.165) is 12.1 Å². The molecule has 134 valence electrons. The van der Waals surface area contributed by atoms with E-state index in [0.29, 0.717) is 38.3 Å². The van der Waals surface area contributed by atoms with Crippen LogP contribution in [0.1, 0.15) is 25.0 Å². The molecular weight excluding hydrogens is 322 g/mol. The molecule has 8 nitrogen and oxygen atoms in total. The number of ether oxygens (including phenoxy) is 2. The summed E-state index contributed by atoms with van der Waals surface area (Å²) < 4.78 is 13.2. The molecule has 0 saturated carbocycles. The van der Waals surface area contributed by atoms with E-state index in [4.69, 9.17) is 9.47 Å². The molecule has 1 N–H and O–H groups in total. The van der Waals surface area contributed by atoms with Crippen LogP contribution in [-0.2, 0) is 16.1 Å². The lowest BCUT2D eigenvalue weighted by molar-refractivity contribution is -0.124. The fourth-order valence-corrected chi connectivity index (χ4v) is 2.72. The number of carbonyl (C=O) groups is 1. The van der Waals surface area contributed by atoms with Crippen LogP contribution in [0.4, 0.5) is 0 Å². The molecule has 8 heteroatoms. The highest BCUT2D eigenvalue weighted by Gasteiger charge is 2.28. The fourth-order valence-electron chi connectivity index (χ4n) is 2.72. The van der Waals surface area contributed by atoms with Crippen molar-refractivity contribution in [3.05, 3.63) is 36.7 Å². The standard InChI is InChI=1S/C17H23N5O3/c1-13-4-5-14(9-19-13)25-16-10-24-8-6-15(16)21-17(23)3-2-7-22-12-18-11-20-22/h4-5,9,11-12,15-16H,2-3,6-8,10H2,1H3,(H,21,23)/t15-,16+/m1/s1. The van der Waals surface area contributed by atoms with Crippen molar-refractivity contribution in [1.29, 1.82) is 0 Å². The largest absolute Gasteiger partial charge is 0.484 e. The van der Waals surface area contributed by atoms with E-state index >= 15 is 0 Å². The van der Waals surface area contributed by atoms with Gasteiger partial charge in [-0.25, -0.2) is 4.98 Å². The van der Waals surface area contributed by atoms with Gasteiger partial charge in [0.1, 0.15) is 24.5 Å². The molecule has 1 aliphatic rings. The van der Waals surface area contributed by atoms with Crippen molar-refractivity contribution in [2.45, 2.75) is 44.9 Å². The summed E-state index contributed by atoms with van der Waals surface area (Å²) in [6.07, 6.45) is 6.51. The first-order valence-corrected chi connectivity index (χ1v) is 8.49. The Morgan fingerprint density at radius 3 is 3.16 bits per heavy atom. The van der Waals surface area contributed by atoms with Gasteiger partial charge in [-0.2, -0.15) is 5.10 Å². The van der Waals surface area contributed by atoms with Crippen molar-refractivity contribution >= 4 is 5.91 Å². The van der Waals surface area contributed by atoms with Crippen LogP contribution in [0.3, 0.4) is 0 Å². The van der Waals surface area contributed by atoms with Crippen molar-refractivity contribution < 1.29 is 14.3 Å². The lowest BCUT2D eigenvalue weighted by atomic mass is 10.1. The summed E-state index contributed by atoms with van der Waals surface area (Å²) in [4.78, 5) is 20.3. The van der Waals surface area contributed by atoms with E-state index in [9.17, 15) is 4.79 Å². The zero-order valence-electron chi connectivity index (χ0n) is 14.3. The van der Waals surface area contributed by atoms with E-state index in [1.807, 2.05) is 19.1 Å². The SMILES string of the molecule is Cc1ccc(O[C@H]2COCC[C@H]2NC(=O)CCCn2cncn2)cn1. The second kappa shape index (κ2) is 8.57. The Balaban J connectivity index is 1.48. The molecule has 3 rings (SSSR count). The van der Waals surface area contributed by atoms with Gasteiger partial charge in [0.15, 0.2) is 0 Å². The number of amides is 1. The van der Waals surface area contributed by atoms with Crippen molar-refractivity contribution in [1.82, 2.24) is 25.1 Å². The lowest BCUT2D eigenvalue weighted by Crippen LogP contribution is -2.51. The van der Waals surface area contributed by atoms with Gasteiger partial charge in [0.05, 0.1) is 18.8 Å². The fraction of sp³-hybridized carbons (Fsp3) is 0.529. The molecule has 1 amide bonds.